The number of rotatable bonds is 8. The van der Waals surface area contributed by atoms with Gasteiger partial charge in [-0.05, 0) is 25.8 Å². The number of ether oxygens (including phenoxy) is 1. The molecule has 0 aliphatic carbocycles. The predicted molar refractivity (Wildman–Crippen MR) is 101 cm³/mol. The van der Waals surface area contributed by atoms with Gasteiger partial charge in [0.25, 0.3) is 0 Å². The molecule has 0 amide bonds. The number of hydrogen-bond donors (Lipinski definition) is 2. The van der Waals surface area contributed by atoms with E-state index in [1.165, 1.54) is 0 Å². The monoisotopic (exact) mass is 355 g/mol. The van der Waals surface area contributed by atoms with Gasteiger partial charge in [0, 0.05) is 6.04 Å². The first kappa shape index (κ1) is 18.1. The highest BCUT2D eigenvalue weighted by molar-refractivity contribution is 5.78. The van der Waals surface area contributed by atoms with E-state index < -0.39 is 0 Å². The molecule has 0 saturated carbocycles. The zero-order chi connectivity index (χ0) is 18.5. The summed E-state index contributed by atoms with van der Waals surface area (Å²) in [6.07, 6.45) is 2.52. The van der Waals surface area contributed by atoms with E-state index in [-0.39, 0.29) is 18.7 Å². The summed E-state index contributed by atoms with van der Waals surface area (Å²) < 4.78 is 7.94. The highest BCUT2D eigenvalue weighted by Gasteiger charge is 2.17. The van der Waals surface area contributed by atoms with Gasteiger partial charge in [0.05, 0.1) is 19.0 Å². The third-order valence-electron chi connectivity index (χ3n) is 4.21. The smallest absolute Gasteiger partial charge is 0.247 e. The molecule has 0 radical (unpaired) electrons. The summed E-state index contributed by atoms with van der Waals surface area (Å²) in [4.78, 5) is 13.5. The van der Waals surface area contributed by atoms with Crippen LogP contribution in [0.3, 0.4) is 0 Å². The minimum absolute atomic E-state index is 0.0154. The summed E-state index contributed by atoms with van der Waals surface area (Å²) in [5.41, 5.74) is 2.41. The quantitative estimate of drug-likeness (QED) is 0.645. The Morgan fingerprint density at radius 2 is 1.96 bits per heavy atom. The lowest BCUT2D eigenvalue weighted by Crippen LogP contribution is -2.24. The Bertz CT molecular complexity index is 844. The molecule has 1 aromatic carbocycles. The maximum absolute atomic E-state index is 9.46. The van der Waals surface area contributed by atoms with Gasteiger partial charge in [0.2, 0.25) is 11.8 Å². The maximum atomic E-state index is 9.46. The summed E-state index contributed by atoms with van der Waals surface area (Å²) in [7, 11) is 0. The first-order valence-electron chi connectivity index (χ1n) is 8.91. The van der Waals surface area contributed by atoms with Crippen LogP contribution in [0.5, 0.6) is 5.88 Å². The Kier molecular flexibility index (Phi) is 5.68. The second kappa shape index (κ2) is 8.14. The number of aliphatic hydroxyl groups is 1. The number of hydrogen-bond acceptors (Lipinski definition) is 6. The highest BCUT2D eigenvalue weighted by atomic mass is 16.5. The van der Waals surface area contributed by atoms with E-state index in [0.29, 0.717) is 29.6 Å². The summed E-state index contributed by atoms with van der Waals surface area (Å²) in [6, 6.07) is 10.0. The van der Waals surface area contributed by atoms with E-state index in [4.69, 9.17) is 4.74 Å². The molecule has 1 atom stereocenters. The molecular weight excluding hydrogens is 330 g/mol. The van der Waals surface area contributed by atoms with Gasteiger partial charge < -0.3 is 19.7 Å². The average molecular weight is 355 g/mol. The van der Waals surface area contributed by atoms with Crippen molar-refractivity contribution in [3.05, 3.63) is 42.2 Å². The van der Waals surface area contributed by atoms with Crippen molar-refractivity contribution in [1.82, 2.24) is 19.5 Å². The first-order chi connectivity index (χ1) is 12.6. The fourth-order valence-electron chi connectivity index (χ4n) is 2.62. The van der Waals surface area contributed by atoms with Crippen molar-refractivity contribution in [2.75, 3.05) is 11.9 Å². The normalized spacial score (nSPS) is 12.5. The molecule has 0 aliphatic heterocycles. The Morgan fingerprint density at radius 1 is 1.19 bits per heavy atom. The third kappa shape index (κ3) is 3.94. The molecule has 0 bridgehead atoms. The lowest BCUT2D eigenvalue weighted by atomic mass is 10.2. The lowest BCUT2D eigenvalue weighted by molar-refractivity contribution is 0.270. The van der Waals surface area contributed by atoms with Gasteiger partial charge in [-0.2, -0.15) is 9.97 Å². The van der Waals surface area contributed by atoms with Crippen LogP contribution in [0, 0.1) is 0 Å². The zero-order valence-corrected chi connectivity index (χ0v) is 15.4. The SMILES string of the molecule is CCC(CO)Nc1nc(OCc2ccccc2)c2ncn(C(C)C)c2n1. The van der Waals surface area contributed by atoms with E-state index in [1.54, 1.807) is 6.33 Å². The number of aromatic nitrogens is 4. The molecule has 2 N–H and O–H groups in total. The van der Waals surface area contributed by atoms with Crippen LogP contribution < -0.4 is 10.1 Å². The minimum atomic E-state index is -0.107. The average Bonchev–Trinajstić information content (AvgIpc) is 3.09. The number of fused-ring (bicyclic) bond motifs is 1. The molecule has 2 aromatic heterocycles. The molecule has 138 valence electrons. The number of aliphatic hydroxyl groups excluding tert-OH is 1. The van der Waals surface area contributed by atoms with Gasteiger partial charge in [0.1, 0.15) is 6.61 Å². The van der Waals surface area contributed by atoms with Gasteiger partial charge in [-0.25, -0.2) is 4.98 Å². The van der Waals surface area contributed by atoms with Crippen molar-refractivity contribution in [1.29, 1.82) is 0 Å². The van der Waals surface area contributed by atoms with E-state index in [0.717, 1.165) is 12.0 Å². The fourth-order valence-corrected chi connectivity index (χ4v) is 2.62. The molecule has 1 unspecified atom stereocenters. The van der Waals surface area contributed by atoms with Gasteiger partial charge in [-0.3, -0.25) is 0 Å². The van der Waals surface area contributed by atoms with Crippen molar-refractivity contribution >= 4 is 17.1 Å². The number of imidazole rings is 1. The summed E-state index contributed by atoms with van der Waals surface area (Å²) >= 11 is 0. The topological polar surface area (TPSA) is 85.1 Å². The number of nitrogens with zero attached hydrogens (tertiary/aromatic N) is 4. The summed E-state index contributed by atoms with van der Waals surface area (Å²) in [5.74, 6) is 0.873. The predicted octanol–water partition coefficient (Wildman–Crippen LogP) is 3.17. The van der Waals surface area contributed by atoms with Crippen molar-refractivity contribution < 1.29 is 9.84 Å². The van der Waals surface area contributed by atoms with Crippen molar-refractivity contribution in [2.45, 2.75) is 45.9 Å². The summed E-state index contributed by atoms with van der Waals surface area (Å²) in [5, 5.41) is 12.6. The van der Waals surface area contributed by atoms with Crippen LogP contribution in [-0.4, -0.2) is 37.3 Å². The second-order valence-corrected chi connectivity index (χ2v) is 6.48. The minimum Gasteiger partial charge on any atom is -0.471 e. The van der Waals surface area contributed by atoms with Gasteiger partial charge in [-0.15, -0.1) is 0 Å². The van der Waals surface area contributed by atoms with Crippen LogP contribution in [0.2, 0.25) is 0 Å². The Hall–Kier alpha value is -2.67. The Labute approximate surface area is 153 Å². The van der Waals surface area contributed by atoms with E-state index >= 15 is 0 Å². The van der Waals surface area contributed by atoms with E-state index in [2.05, 4.69) is 34.1 Å². The number of benzene rings is 1. The molecule has 0 fully saturated rings. The molecule has 0 aliphatic rings. The second-order valence-electron chi connectivity index (χ2n) is 6.48. The number of anilines is 1. The molecule has 3 aromatic rings. The standard InChI is InChI=1S/C19H25N5O2/c1-4-15(10-25)21-19-22-17-16(20-12-24(17)13(2)3)18(23-19)26-11-14-8-6-5-7-9-14/h5-9,12-13,15,25H,4,10-11H2,1-3H3,(H,21,22,23). The lowest BCUT2D eigenvalue weighted by Gasteiger charge is -2.16. The fraction of sp³-hybridized carbons (Fsp3) is 0.421. The largest absolute Gasteiger partial charge is 0.471 e. The van der Waals surface area contributed by atoms with E-state index in [9.17, 15) is 5.11 Å². The van der Waals surface area contributed by atoms with Crippen LogP contribution in [-0.2, 0) is 6.61 Å². The van der Waals surface area contributed by atoms with Gasteiger partial charge in [-0.1, -0.05) is 37.3 Å². The molecule has 0 spiro atoms. The molecule has 3 rings (SSSR count). The van der Waals surface area contributed by atoms with Crippen molar-refractivity contribution in [2.24, 2.45) is 0 Å². The van der Waals surface area contributed by atoms with Gasteiger partial charge >= 0.3 is 0 Å². The molecule has 7 heteroatoms. The van der Waals surface area contributed by atoms with Crippen LogP contribution in [0.1, 0.15) is 38.8 Å². The zero-order valence-electron chi connectivity index (χ0n) is 15.4. The molecular formula is C19H25N5O2. The molecule has 0 saturated heterocycles. The third-order valence-corrected chi connectivity index (χ3v) is 4.21. The number of nitrogens with one attached hydrogen (secondary N) is 1. The van der Waals surface area contributed by atoms with Gasteiger partial charge in [0.15, 0.2) is 11.2 Å². The Morgan fingerprint density at radius 3 is 2.62 bits per heavy atom. The van der Waals surface area contributed by atoms with Crippen LogP contribution in [0.25, 0.3) is 11.2 Å². The van der Waals surface area contributed by atoms with Crippen LogP contribution >= 0.6 is 0 Å². The summed E-state index contributed by atoms with van der Waals surface area (Å²) in [6.45, 7) is 6.56. The molecule has 7 nitrogen and oxygen atoms in total. The molecule has 26 heavy (non-hydrogen) atoms. The Balaban J connectivity index is 1.96. The van der Waals surface area contributed by atoms with Crippen molar-refractivity contribution in [3.63, 3.8) is 0 Å². The highest BCUT2D eigenvalue weighted by Crippen LogP contribution is 2.26. The molecule has 2 heterocycles. The van der Waals surface area contributed by atoms with E-state index in [1.807, 2.05) is 41.8 Å². The first-order valence-corrected chi connectivity index (χ1v) is 8.91. The van der Waals surface area contributed by atoms with Crippen LogP contribution in [0.4, 0.5) is 5.95 Å². The van der Waals surface area contributed by atoms with Crippen molar-refractivity contribution in [3.8, 4) is 5.88 Å². The maximum Gasteiger partial charge on any atom is 0.247 e. The van der Waals surface area contributed by atoms with Crippen LogP contribution in [0.15, 0.2) is 36.7 Å².